The van der Waals surface area contributed by atoms with Crippen molar-refractivity contribution in [3.63, 3.8) is 0 Å². The maximum Gasteiger partial charge on any atom is 0.111 e. The summed E-state index contributed by atoms with van der Waals surface area (Å²) in [6.07, 6.45) is 8.52. The van der Waals surface area contributed by atoms with E-state index in [2.05, 4.69) is 15.6 Å². The molecule has 1 saturated heterocycles. The second-order valence-corrected chi connectivity index (χ2v) is 6.11. The largest absolute Gasteiger partial charge is 0.376 e. The summed E-state index contributed by atoms with van der Waals surface area (Å²) in [5.74, 6) is 2.41. The van der Waals surface area contributed by atoms with E-state index in [1.54, 1.807) is 0 Å². The molecule has 1 saturated carbocycles. The molecule has 2 aromatic heterocycles. The number of aromatic nitrogens is 3. The van der Waals surface area contributed by atoms with Crippen LogP contribution < -0.4 is 0 Å². The van der Waals surface area contributed by atoms with E-state index in [-0.39, 0.29) is 0 Å². The number of pyridine rings is 1. The molecule has 0 bridgehead atoms. The molecule has 4 nitrogen and oxygen atoms in total. The molecule has 3 heterocycles. The summed E-state index contributed by atoms with van der Waals surface area (Å²) in [6, 6.07) is 2.47. The lowest BCUT2D eigenvalue weighted by molar-refractivity contribution is 0.0753. The van der Waals surface area contributed by atoms with Gasteiger partial charge in [0.05, 0.1) is 23.9 Å². The lowest BCUT2D eigenvalue weighted by Gasteiger charge is -2.22. The molecule has 2 aliphatic rings. The Labute approximate surface area is 123 Å². The van der Waals surface area contributed by atoms with Crippen molar-refractivity contribution in [2.75, 3.05) is 12.5 Å². The Morgan fingerprint density at radius 2 is 2.25 bits per heavy atom. The maximum atomic E-state index is 6.00. The third-order valence-electron chi connectivity index (χ3n) is 4.40. The van der Waals surface area contributed by atoms with Gasteiger partial charge in [-0.2, -0.15) is 0 Å². The van der Waals surface area contributed by atoms with Gasteiger partial charge in [-0.3, -0.25) is 4.98 Å². The molecule has 2 atom stereocenters. The summed E-state index contributed by atoms with van der Waals surface area (Å²) >= 11 is 5.95. The quantitative estimate of drug-likeness (QED) is 0.813. The van der Waals surface area contributed by atoms with Crippen LogP contribution in [0.3, 0.4) is 0 Å². The SMILES string of the molecule is ClCCc1nc2cnccc2n1C1CCOC1C1CC1. The third-order valence-corrected chi connectivity index (χ3v) is 4.59. The molecule has 4 rings (SSSR count). The summed E-state index contributed by atoms with van der Waals surface area (Å²) < 4.78 is 8.37. The maximum absolute atomic E-state index is 6.00. The predicted octanol–water partition coefficient (Wildman–Crippen LogP) is 2.95. The lowest BCUT2D eigenvalue weighted by atomic mass is 10.1. The van der Waals surface area contributed by atoms with Crippen LogP contribution >= 0.6 is 11.6 Å². The van der Waals surface area contributed by atoms with E-state index in [0.717, 1.165) is 36.7 Å². The van der Waals surface area contributed by atoms with Crippen molar-refractivity contribution in [1.82, 2.24) is 14.5 Å². The molecule has 0 aromatic carbocycles. The van der Waals surface area contributed by atoms with E-state index in [0.29, 0.717) is 18.0 Å². The van der Waals surface area contributed by atoms with Crippen LogP contribution in [0.25, 0.3) is 11.0 Å². The lowest BCUT2D eigenvalue weighted by Crippen LogP contribution is -2.23. The van der Waals surface area contributed by atoms with Crippen LogP contribution in [0.15, 0.2) is 18.5 Å². The fourth-order valence-electron chi connectivity index (χ4n) is 3.38. The van der Waals surface area contributed by atoms with E-state index in [1.807, 2.05) is 12.4 Å². The highest BCUT2D eigenvalue weighted by Gasteiger charge is 2.42. The Morgan fingerprint density at radius 3 is 3.05 bits per heavy atom. The average molecular weight is 292 g/mol. The van der Waals surface area contributed by atoms with Crippen LogP contribution in [0.4, 0.5) is 0 Å². The highest BCUT2D eigenvalue weighted by atomic mass is 35.5. The molecule has 0 amide bonds. The summed E-state index contributed by atoms with van der Waals surface area (Å²) in [6.45, 7) is 0.858. The highest BCUT2D eigenvalue weighted by Crippen LogP contribution is 2.44. The van der Waals surface area contributed by atoms with Crippen molar-refractivity contribution in [2.24, 2.45) is 5.92 Å². The van der Waals surface area contributed by atoms with E-state index < -0.39 is 0 Å². The Balaban J connectivity index is 1.81. The molecule has 2 aromatic rings. The van der Waals surface area contributed by atoms with Crippen molar-refractivity contribution in [2.45, 2.75) is 37.8 Å². The van der Waals surface area contributed by atoms with Crippen LogP contribution in [0.2, 0.25) is 0 Å². The summed E-state index contributed by atoms with van der Waals surface area (Å²) in [5.41, 5.74) is 2.13. The zero-order valence-corrected chi connectivity index (χ0v) is 12.1. The number of aryl methyl sites for hydroxylation is 1. The number of imidazole rings is 1. The molecule has 1 aliphatic carbocycles. The van der Waals surface area contributed by atoms with Crippen LogP contribution in [0.1, 0.15) is 31.1 Å². The number of hydrogen-bond donors (Lipinski definition) is 0. The molecule has 0 radical (unpaired) electrons. The van der Waals surface area contributed by atoms with Crippen LogP contribution in [-0.2, 0) is 11.2 Å². The van der Waals surface area contributed by atoms with E-state index in [4.69, 9.17) is 21.3 Å². The number of ether oxygens (including phenoxy) is 1. The van der Waals surface area contributed by atoms with Gasteiger partial charge in [-0.15, -0.1) is 11.6 Å². The molecule has 2 fully saturated rings. The van der Waals surface area contributed by atoms with Gasteiger partial charge >= 0.3 is 0 Å². The van der Waals surface area contributed by atoms with Crippen molar-refractivity contribution < 1.29 is 4.74 Å². The number of alkyl halides is 1. The predicted molar refractivity (Wildman–Crippen MR) is 78.1 cm³/mol. The Bertz CT molecular complexity index is 623. The van der Waals surface area contributed by atoms with Crippen LogP contribution in [-0.4, -0.2) is 33.1 Å². The average Bonchev–Trinajstić information content (AvgIpc) is 3.08. The van der Waals surface area contributed by atoms with Gasteiger partial charge < -0.3 is 9.30 Å². The van der Waals surface area contributed by atoms with Crippen molar-refractivity contribution in [3.05, 3.63) is 24.3 Å². The first-order valence-electron chi connectivity index (χ1n) is 7.37. The standard InChI is InChI=1S/C15H18ClN3O/c16-6-3-14-18-11-9-17-7-4-12(11)19(14)13-5-8-20-15(13)10-1-2-10/h4,7,9-10,13,15H,1-3,5-6,8H2. The number of nitrogens with zero attached hydrogens (tertiary/aromatic N) is 3. The fourth-order valence-corrected chi connectivity index (χ4v) is 3.55. The van der Waals surface area contributed by atoms with Crippen molar-refractivity contribution in [1.29, 1.82) is 0 Å². The Morgan fingerprint density at radius 1 is 1.35 bits per heavy atom. The van der Waals surface area contributed by atoms with Crippen molar-refractivity contribution in [3.8, 4) is 0 Å². The first-order chi connectivity index (χ1) is 9.88. The summed E-state index contributed by atoms with van der Waals surface area (Å²) in [4.78, 5) is 8.90. The molecule has 0 N–H and O–H groups in total. The van der Waals surface area contributed by atoms with E-state index >= 15 is 0 Å². The topological polar surface area (TPSA) is 39.9 Å². The number of hydrogen-bond acceptors (Lipinski definition) is 3. The van der Waals surface area contributed by atoms with Crippen molar-refractivity contribution >= 4 is 22.6 Å². The van der Waals surface area contributed by atoms with Gasteiger partial charge in [-0.1, -0.05) is 0 Å². The minimum atomic E-state index is 0.356. The Hall–Kier alpha value is -1.13. The summed E-state index contributed by atoms with van der Waals surface area (Å²) in [7, 11) is 0. The smallest absolute Gasteiger partial charge is 0.111 e. The molecule has 5 heteroatoms. The molecule has 1 aliphatic heterocycles. The molecule has 2 unspecified atom stereocenters. The second-order valence-electron chi connectivity index (χ2n) is 5.73. The van der Waals surface area contributed by atoms with E-state index in [9.17, 15) is 0 Å². The first kappa shape index (κ1) is 12.6. The molecule has 0 spiro atoms. The molecular weight excluding hydrogens is 274 g/mol. The number of rotatable bonds is 4. The van der Waals surface area contributed by atoms with E-state index in [1.165, 1.54) is 18.4 Å². The Kier molecular flexibility index (Phi) is 3.15. The van der Waals surface area contributed by atoms with Gasteiger partial charge in [0.1, 0.15) is 11.3 Å². The molecule has 20 heavy (non-hydrogen) atoms. The van der Waals surface area contributed by atoms with Crippen LogP contribution in [0, 0.1) is 5.92 Å². The highest BCUT2D eigenvalue weighted by molar-refractivity contribution is 6.17. The summed E-state index contributed by atoms with van der Waals surface area (Å²) in [5, 5.41) is 0. The zero-order valence-electron chi connectivity index (χ0n) is 11.3. The van der Waals surface area contributed by atoms with Crippen LogP contribution in [0.5, 0.6) is 0 Å². The van der Waals surface area contributed by atoms with Gasteiger partial charge in [0.15, 0.2) is 0 Å². The minimum absolute atomic E-state index is 0.356. The zero-order chi connectivity index (χ0) is 13.5. The fraction of sp³-hybridized carbons (Fsp3) is 0.600. The molecule has 106 valence electrons. The second kappa shape index (κ2) is 5.01. The number of fused-ring (bicyclic) bond motifs is 1. The van der Waals surface area contributed by atoms with Gasteiger partial charge in [-0.25, -0.2) is 4.98 Å². The minimum Gasteiger partial charge on any atom is -0.376 e. The normalized spacial score (nSPS) is 26.4. The number of halogens is 1. The molecular formula is C15H18ClN3O. The monoisotopic (exact) mass is 291 g/mol. The third kappa shape index (κ3) is 2.02. The van der Waals surface area contributed by atoms with Gasteiger partial charge in [0, 0.05) is 25.1 Å². The first-order valence-corrected chi connectivity index (χ1v) is 7.90. The van der Waals surface area contributed by atoms with Gasteiger partial charge in [0.25, 0.3) is 0 Å². The van der Waals surface area contributed by atoms with Gasteiger partial charge in [-0.05, 0) is 31.2 Å². The van der Waals surface area contributed by atoms with Gasteiger partial charge in [0.2, 0.25) is 0 Å².